The topological polar surface area (TPSA) is 223 Å². The zero-order valence-corrected chi connectivity index (χ0v) is 39.4. The largest absolute Gasteiger partial charge is 0.487 e. The van der Waals surface area contributed by atoms with E-state index in [0.717, 1.165) is 81.3 Å². The lowest BCUT2D eigenvalue weighted by molar-refractivity contribution is -0.143. The Labute approximate surface area is 384 Å². The number of esters is 1. The number of likely N-dealkylation sites (tertiary alicyclic amines) is 3. The summed E-state index contributed by atoms with van der Waals surface area (Å²) in [6.07, 6.45) is 9.11. The van der Waals surface area contributed by atoms with Gasteiger partial charge in [-0.1, -0.05) is 0 Å². The summed E-state index contributed by atoms with van der Waals surface area (Å²) in [5, 5.41) is 38.6. The van der Waals surface area contributed by atoms with Crippen molar-refractivity contribution in [1.29, 1.82) is 0 Å². The van der Waals surface area contributed by atoms with Crippen LogP contribution in [0, 0.1) is 17.8 Å². The van der Waals surface area contributed by atoms with Crippen molar-refractivity contribution in [1.82, 2.24) is 29.3 Å². The standard InChI is InChI=1S/C23H29BrN4O4S.C12H23BN2O3.C7H14BNO3/c1-31-23(30)21-20(18(24)14-33-21)32-17-5-10-28(11-6-17)22(29)16-3-8-27(9-4-16)13-15-2-7-26-19(25)12-15;1-13(18)15-8-2-10(3-9-15)12(17)14-6-4-11(16)5-7-14;1-8(12)9-4-2-6(3-5-9)7(10)11/h2,7,12,14,16-17H,3-6,8-11,13H2,1H3,(H2,25,26);10-11,16,18H,2-9H2,1H3;6,12H,2-5H2,1H3,(H,10,11). The minimum Gasteiger partial charge on any atom is -0.487 e. The molecule has 5 saturated heterocycles. The SMILES string of the molecule is CB(O)N1CCC(C(=O)N2CCC(O)CC2)CC1.CB(O)N1CCC(C(=O)O)CC1.COC(=O)c1scc(Br)c1OC1CCN(C(=O)C2CCN(Cc3ccnc(N)c3)CC2)CC1. The van der Waals surface area contributed by atoms with Gasteiger partial charge in [-0.15, -0.1) is 11.3 Å². The molecule has 21 heteroatoms. The number of methoxy groups -OCH3 is 1. The second-order valence-electron chi connectivity index (χ2n) is 17.3. The van der Waals surface area contributed by atoms with E-state index in [1.807, 2.05) is 36.9 Å². The number of aliphatic hydroxyl groups is 1. The van der Waals surface area contributed by atoms with Crippen molar-refractivity contribution >= 4 is 70.9 Å². The van der Waals surface area contributed by atoms with Gasteiger partial charge in [-0.2, -0.15) is 0 Å². The molecule has 2 aromatic heterocycles. The fourth-order valence-corrected chi connectivity index (χ4v) is 10.3. The third-order valence-corrected chi connectivity index (χ3v) is 14.7. The highest BCUT2D eigenvalue weighted by molar-refractivity contribution is 9.10. The summed E-state index contributed by atoms with van der Waals surface area (Å²) in [6, 6.07) is 3.90. The predicted octanol–water partition coefficient (Wildman–Crippen LogP) is 3.24. The second-order valence-corrected chi connectivity index (χ2v) is 19.0. The molecule has 0 atom stereocenters. The molecule has 0 spiro atoms. The molecule has 5 fully saturated rings. The maximum atomic E-state index is 13.1. The third kappa shape index (κ3) is 15.1. The first kappa shape index (κ1) is 50.7. The number of aliphatic carboxylic acids is 1. The van der Waals surface area contributed by atoms with E-state index in [9.17, 15) is 34.3 Å². The number of aromatic nitrogens is 1. The number of nitrogen functional groups attached to an aromatic ring is 1. The number of rotatable bonds is 10. The molecule has 63 heavy (non-hydrogen) atoms. The first-order chi connectivity index (χ1) is 30.1. The lowest BCUT2D eigenvalue weighted by Crippen LogP contribution is -2.48. The number of pyridine rings is 1. The summed E-state index contributed by atoms with van der Waals surface area (Å²) in [5.41, 5.74) is 6.93. The highest BCUT2D eigenvalue weighted by atomic mass is 79.9. The van der Waals surface area contributed by atoms with Crippen LogP contribution in [-0.2, 0) is 25.7 Å². The molecular formula is C42H66B2BrN7O10S. The molecule has 0 saturated carbocycles. The van der Waals surface area contributed by atoms with Crippen LogP contribution < -0.4 is 10.5 Å². The van der Waals surface area contributed by atoms with Gasteiger partial charge in [-0.25, -0.2) is 9.78 Å². The van der Waals surface area contributed by atoms with Gasteiger partial charge in [0.15, 0.2) is 10.6 Å². The number of carboxylic acid groups (broad SMARTS) is 1. The van der Waals surface area contributed by atoms with Crippen LogP contribution >= 0.6 is 27.3 Å². The fraction of sp³-hybridized carbons (Fsp3) is 0.690. The molecule has 7 rings (SSSR count). The molecular weight excluding hydrogens is 896 g/mol. The van der Waals surface area contributed by atoms with Crippen LogP contribution in [0.5, 0.6) is 5.75 Å². The number of amides is 2. The highest BCUT2D eigenvalue weighted by Crippen LogP contribution is 2.37. The van der Waals surface area contributed by atoms with Gasteiger partial charge in [0.1, 0.15) is 11.9 Å². The van der Waals surface area contributed by atoms with E-state index in [1.165, 1.54) is 18.4 Å². The number of carboxylic acids is 1. The van der Waals surface area contributed by atoms with Crippen molar-refractivity contribution in [2.45, 2.75) is 96.6 Å². The van der Waals surface area contributed by atoms with Gasteiger partial charge in [0, 0.05) is 69.0 Å². The number of aliphatic hydroxyl groups excluding tert-OH is 1. The Bertz CT molecular complexity index is 1780. The van der Waals surface area contributed by atoms with E-state index in [-0.39, 0.29) is 41.8 Å². The van der Waals surface area contributed by atoms with E-state index in [0.29, 0.717) is 81.4 Å². The Hall–Kier alpha value is -3.30. The number of nitrogens with two attached hydrogens (primary N) is 1. The Morgan fingerprint density at radius 1 is 0.794 bits per heavy atom. The third-order valence-electron chi connectivity index (χ3n) is 12.9. The number of carbonyl (C=O) groups is 4. The lowest BCUT2D eigenvalue weighted by Gasteiger charge is -2.37. The summed E-state index contributed by atoms with van der Waals surface area (Å²) in [7, 11) is 0.509. The summed E-state index contributed by atoms with van der Waals surface area (Å²) < 4.78 is 11.7. The molecule has 348 valence electrons. The Morgan fingerprint density at radius 3 is 1.76 bits per heavy atom. The minimum atomic E-state index is -0.708. The molecule has 0 aromatic carbocycles. The maximum Gasteiger partial charge on any atom is 0.376 e. The zero-order chi connectivity index (χ0) is 45.6. The number of anilines is 1. The van der Waals surface area contributed by atoms with E-state index >= 15 is 0 Å². The van der Waals surface area contributed by atoms with Gasteiger partial charge in [-0.3, -0.25) is 19.3 Å². The number of thiophene rings is 1. The quantitative estimate of drug-likeness (QED) is 0.170. The fourth-order valence-electron chi connectivity index (χ4n) is 8.86. The molecule has 5 aliphatic rings. The van der Waals surface area contributed by atoms with Crippen LogP contribution in [0.4, 0.5) is 5.82 Å². The van der Waals surface area contributed by atoms with Crippen LogP contribution in [0.1, 0.15) is 79.4 Å². The molecule has 0 bridgehead atoms. The van der Waals surface area contributed by atoms with Gasteiger partial charge in [-0.05, 0) is 138 Å². The Balaban J connectivity index is 0.000000207. The molecule has 6 N–H and O–H groups in total. The van der Waals surface area contributed by atoms with Gasteiger partial charge < -0.3 is 54.9 Å². The van der Waals surface area contributed by atoms with Crippen molar-refractivity contribution in [2.24, 2.45) is 17.8 Å². The van der Waals surface area contributed by atoms with Gasteiger partial charge in [0.25, 0.3) is 0 Å². The number of nitrogens with zero attached hydrogens (tertiary/aromatic N) is 6. The highest BCUT2D eigenvalue weighted by Gasteiger charge is 2.34. The molecule has 0 unspecified atom stereocenters. The maximum absolute atomic E-state index is 13.1. The van der Waals surface area contributed by atoms with Gasteiger partial charge >= 0.3 is 26.0 Å². The predicted molar refractivity (Wildman–Crippen MR) is 246 cm³/mol. The number of hydrogen-bond donors (Lipinski definition) is 5. The zero-order valence-electron chi connectivity index (χ0n) is 37.0. The number of piperidine rings is 5. The minimum absolute atomic E-state index is 0.0296. The van der Waals surface area contributed by atoms with Gasteiger partial charge in [0.05, 0.1) is 23.6 Å². The van der Waals surface area contributed by atoms with Crippen molar-refractivity contribution in [3.8, 4) is 5.75 Å². The van der Waals surface area contributed by atoms with Crippen molar-refractivity contribution in [3.05, 3.63) is 38.6 Å². The summed E-state index contributed by atoms with van der Waals surface area (Å²) >= 11 is 4.76. The number of ether oxygens (including phenoxy) is 2. The van der Waals surface area contributed by atoms with Gasteiger partial charge in [0.2, 0.25) is 11.8 Å². The van der Waals surface area contributed by atoms with Crippen molar-refractivity contribution in [3.63, 3.8) is 0 Å². The number of carbonyl (C=O) groups excluding carboxylic acids is 3. The average Bonchev–Trinajstić information content (AvgIpc) is 3.65. The molecule has 5 aliphatic heterocycles. The Kier molecular flexibility index (Phi) is 20.0. The summed E-state index contributed by atoms with van der Waals surface area (Å²) in [5.74, 6) is 0.457. The van der Waals surface area contributed by atoms with Crippen LogP contribution in [0.2, 0.25) is 13.6 Å². The van der Waals surface area contributed by atoms with Crippen molar-refractivity contribution < 1.29 is 48.9 Å². The lowest BCUT2D eigenvalue weighted by atomic mass is 9.80. The first-order valence-corrected chi connectivity index (χ1v) is 24.1. The normalized spacial score (nSPS) is 20.5. The molecule has 0 aliphatic carbocycles. The van der Waals surface area contributed by atoms with Crippen LogP contribution in [0.15, 0.2) is 28.2 Å². The molecule has 0 radical (unpaired) electrons. The monoisotopic (exact) mass is 961 g/mol. The van der Waals surface area contributed by atoms with E-state index in [2.05, 4.69) is 25.8 Å². The average molecular weight is 963 g/mol. The molecule has 2 aromatic rings. The van der Waals surface area contributed by atoms with E-state index in [4.69, 9.17) is 20.3 Å². The first-order valence-electron chi connectivity index (χ1n) is 22.4. The summed E-state index contributed by atoms with van der Waals surface area (Å²) in [6.45, 7) is 11.8. The second kappa shape index (κ2) is 24.8. The van der Waals surface area contributed by atoms with Crippen LogP contribution in [0.3, 0.4) is 0 Å². The number of hydrogen-bond acceptors (Lipinski definition) is 15. The summed E-state index contributed by atoms with van der Waals surface area (Å²) in [4.78, 5) is 62.6. The number of halogens is 1. The van der Waals surface area contributed by atoms with Crippen LogP contribution in [0.25, 0.3) is 0 Å². The van der Waals surface area contributed by atoms with Crippen molar-refractivity contribution in [2.75, 3.05) is 78.3 Å². The Morgan fingerprint density at radius 2 is 1.29 bits per heavy atom. The van der Waals surface area contributed by atoms with Crippen LogP contribution in [-0.4, -0.2) is 172 Å². The molecule has 17 nitrogen and oxygen atoms in total. The van der Waals surface area contributed by atoms with E-state index in [1.54, 1.807) is 19.8 Å². The smallest absolute Gasteiger partial charge is 0.376 e. The molecule has 2 amide bonds. The molecule has 7 heterocycles. The van der Waals surface area contributed by atoms with E-state index < -0.39 is 26.0 Å².